The molecular formula is C45H46N12O2. The van der Waals surface area contributed by atoms with E-state index in [9.17, 15) is 0 Å². The van der Waals surface area contributed by atoms with Crippen LogP contribution in [0.2, 0.25) is 0 Å². The maximum atomic E-state index is 5.47. The summed E-state index contributed by atoms with van der Waals surface area (Å²) in [5.41, 5.74) is 13.9. The second kappa shape index (κ2) is 16.3. The maximum Gasteiger partial charge on any atom is 0.165 e. The Balaban J connectivity index is 0.000000164. The van der Waals surface area contributed by atoms with Crippen molar-refractivity contribution in [3.63, 3.8) is 0 Å². The molecule has 0 aliphatic rings. The molecule has 9 aromatic rings. The molecule has 59 heavy (non-hydrogen) atoms. The summed E-state index contributed by atoms with van der Waals surface area (Å²) in [5.74, 6) is 3.17. The van der Waals surface area contributed by atoms with E-state index in [1.165, 1.54) is 0 Å². The molecule has 0 saturated carbocycles. The van der Waals surface area contributed by atoms with Crippen LogP contribution in [0, 0.1) is 34.6 Å². The van der Waals surface area contributed by atoms with Gasteiger partial charge >= 0.3 is 0 Å². The minimum atomic E-state index is 0.672. The third-order valence-electron chi connectivity index (χ3n) is 10.2. The lowest BCUT2D eigenvalue weighted by Gasteiger charge is -2.11. The minimum absolute atomic E-state index is 0.672. The highest BCUT2D eigenvalue weighted by atomic mass is 16.5. The molecule has 0 saturated heterocycles. The smallest absolute Gasteiger partial charge is 0.165 e. The fraction of sp³-hybridized carbons (Fsp3) is 0.222. The zero-order valence-corrected chi connectivity index (χ0v) is 34.4. The molecule has 2 aromatic carbocycles. The monoisotopic (exact) mass is 786 g/mol. The quantitative estimate of drug-likeness (QED) is 0.138. The third kappa shape index (κ3) is 7.72. The largest absolute Gasteiger partial charge is 0.493 e. The van der Waals surface area contributed by atoms with E-state index in [0.29, 0.717) is 24.6 Å². The number of hydrogen-bond donors (Lipinski definition) is 2. The second-order valence-corrected chi connectivity index (χ2v) is 14.4. The first-order chi connectivity index (χ1) is 28.6. The average Bonchev–Trinajstić information content (AvgIpc) is 3.86. The van der Waals surface area contributed by atoms with Gasteiger partial charge < -0.3 is 20.1 Å². The summed E-state index contributed by atoms with van der Waals surface area (Å²) in [5, 5.41) is 22.2. The van der Waals surface area contributed by atoms with Crippen LogP contribution in [-0.2, 0) is 20.1 Å². The van der Waals surface area contributed by atoms with E-state index in [1.807, 2.05) is 110 Å². The Hall–Kier alpha value is -7.35. The summed E-state index contributed by atoms with van der Waals surface area (Å²) < 4.78 is 16.5. The zero-order valence-electron chi connectivity index (χ0n) is 34.4. The van der Waals surface area contributed by atoms with Crippen LogP contribution in [0.5, 0.6) is 11.5 Å². The van der Waals surface area contributed by atoms with Crippen LogP contribution < -0.4 is 20.1 Å². The van der Waals surface area contributed by atoms with Crippen molar-refractivity contribution in [3.8, 4) is 33.8 Å². The molecule has 0 atom stereocenters. The Morgan fingerprint density at radius 2 is 1.03 bits per heavy atom. The molecule has 0 fully saturated rings. The predicted molar refractivity (Wildman–Crippen MR) is 231 cm³/mol. The Bertz CT molecular complexity index is 2940. The lowest BCUT2D eigenvalue weighted by Crippen LogP contribution is -2.07. The van der Waals surface area contributed by atoms with E-state index in [-0.39, 0.29) is 0 Å². The standard InChI is InChI=1S/C23H23N7.C22H23N5O2/c1-14-11-21(25-13-17-7-9-24-10-8-17)30-23(26-14)22(16(3)28-30)18-5-6-20-19(12-18)15(2)27-29(20)4;1-14-11-20(24-13-16-7-9-23-10-8-16)27-22(25-14)21(15(2)26-27)17-5-6-18(28-3)19(12-17)29-4/h5-12,25H,13H2,1-4H3;5-12,24H,13H2,1-4H3. The van der Waals surface area contributed by atoms with Gasteiger partial charge in [-0.3, -0.25) is 14.6 Å². The lowest BCUT2D eigenvalue weighted by molar-refractivity contribution is 0.355. The van der Waals surface area contributed by atoms with E-state index in [4.69, 9.17) is 29.6 Å². The minimum Gasteiger partial charge on any atom is -0.493 e. The molecule has 0 aliphatic carbocycles. The predicted octanol–water partition coefficient (Wildman–Crippen LogP) is 8.25. The number of aryl methyl sites for hydroxylation is 6. The zero-order chi connectivity index (χ0) is 41.2. The van der Waals surface area contributed by atoms with Gasteiger partial charge in [0.2, 0.25) is 0 Å². The average molecular weight is 787 g/mol. The van der Waals surface area contributed by atoms with Gasteiger partial charge in [0.1, 0.15) is 11.6 Å². The number of nitrogens with one attached hydrogen (secondary N) is 2. The number of fused-ring (bicyclic) bond motifs is 3. The van der Waals surface area contributed by atoms with Crippen molar-refractivity contribution in [2.45, 2.75) is 47.7 Å². The van der Waals surface area contributed by atoms with Gasteiger partial charge in [0.05, 0.1) is 36.8 Å². The van der Waals surface area contributed by atoms with Crippen molar-refractivity contribution in [2.24, 2.45) is 7.05 Å². The van der Waals surface area contributed by atoms with Crippen LogP contribution in [0.3, 0.4) is 0 Å². The van der Waals surface area contributed by atoms with Gasteiger partial charge in [-0.25, -0.2) is 9.97 Å². The van der Waals surface area contributed by atoms with Crippen LogP contribution in [0.25, 0.3) is 44.5 Å². The molecular weight excluding hydrogens is 741 g/mol. The van der Waals surface area contributed by atoms with Crippen LogP contribution in [-0.4, -0.2) is 63.2 Å². The van der Waals surface area contributed by atoms with Crippen molar-refractivity contribution in [1.82, 2.24) is 48.9 Å². The molecule has 7 heterocycles. The van der Waals surface area contributed by atoms with Gasteiger partial charge in [-0.2, -0.15) is 24.3 Å². The molecule has 298 valence electrons. The Kier molecular flexibility index (Phi) is 10.6. The van der Waals surface area contributed by atoms with E-state index in [2.05, 4.69) is 43.9 Å². The molecule has 7 aromatic heterocycles. The molecule has 0 aliphatic heterocycles. The van der Waals surface area contributed by atoms with Crippen LogP contribution >= 0.6 is 0 Å². The topological polar surface area (TPSA) is 146 Å². The summed E-state index contributed by atoms with van der Waals surface area (Å²) in [6.07, 6.45) is 7.18. The molecule has 0 bridgehead atoms. The van der Waals surface area contributed by atoms with Gasteiger partial charge in [0.25, 0.3) is 0 Å². The number of benzene rings is 2. The highest BCUT2D eigenvalue weighted by molar-refractivity contribution is 5.91. The fourth-order valence-electron chi connectivity index (χ4n) is 7.39. The maximum absolute atomic E-state index is 5.47. The SMILES string of the molecule is COc1ccc(-c2c(C)nn3c(NCc4ccncc4)cc(C)nc23)cc1OC.Cc1cc(NCc2ccncc2)n2nc(C)c(-c3ccc4c(c3)c(C)nn4C)c2n1. The van der Waals surface area contributed by atoms with Gasteiger partial charge in [-0.1, -0.05) is 12.1 Å². The summed E-state index contributed by atoms with van der Waals surface area (Å²) in [6.45, 7) is 11.4. The number of hydrogen-bond acceptors (Lipinski definition) is 11. The molecule has 0 amide bonds. The Morgan fingerprint density at radius 3 is 1.54 bits per heavy atom. The van der Waals surface area contributed by atoms with Crippen LogP contribution in [0.1, 0.15) is 39.6 Å². The van der Waals surface area contributed by atoms with Crippen molar-refractivity contribution < 1.29 is 9.47 Å². The molecule has 0 spiro atoms. The van der Waals surface area contributed by atoms with E-state index in [1.54, 1.807) is 39.0 Å². The van der Waals surface area contributed by atoms with E-state index >= 15 is 0 Å². The first-order valence-electron chi connectivity index (χ1n) is 19.3. The normalized spacial score (nSPS) is 11.2. The number of ether oxygens (including phenoxy) is 2. The molecule has 0 unspecified atom stereocenters. The summed E-state index contributed by atoms with van der Waals surface area (Å²) >= 11 is 0. The van der Waals surface area contributed by atoms with E-state index in [0.717, 1.165) is 95.7 Å². The number of nitrogens with zero attached hydrogens (tertiary/aromatic N) is 10. The number of methoxy groups -OCH3 is 2. The van der Waals surface area contributed by atoms with Crippen molar-refractivity contribution in [2.75, 3.05) is 24.9 Å². The van der Waals surface area contributed by atoms with Crippen molar-refractivity contribution >= 4 is 33.8 Å². The fourth-order valence-corrected chi connectivity index (χ4v) is 7.39. The highest BCUT2D eigenvalue weighted by Crippen LogP contribution is 2.36. The molecule has 9 rings (SSSR count). The second-order valence-electron chi connectivity index (χ2n) is 14.4. The van der Waals surface area contributed by atoms with Gasteiger partial charge in [0, 0.05) is 85.0 Å². The third-order valence-corrected chi connectivity index (χ3v) is 10.2. The Morgan fingerprint density at radius 1 is 0.542 bits per heavy atom. The van der Waals surface area contributed by atoms with Crippen molar-refractivity contribution in [1.29, 1.82) is 0 Å². The van der Waals surface area contributed by atoms with Crippen LogP contribution in [0.15, 0.2) is 97.6 Å². The molecule has 14 nitrogen and oxygen atoms in total. The molecule has 14 heteroatoms. The van der Waals surface area contributed by atoms with Crippen molar-refractivity contribution in [3.05, 3.63) is 137 Å². The lowest BCUT2D eigenvalue weighted by atomic mass is 10.0. The Labute approximate surface area is 341 Å². The number of aromatic nitrogens is 10. The number of anilines is 2. The highest BCUT2D eigenvalue weighted by Gasteiger charge is 2.19. The van der Waals surface area contributed by atoms with E-state index < -0.39 is 0 Å². The van der Waals surface area contributed by atoms with Gasteiger partial charge in [-0.15, -0.1) is 0 Å². The summed E-state index contributed by atoms with van der Waals surface area (Å²) in [7, 11) is 5.24. The number of rotatable bonds is 10. The molecule has 0 radical (unpaired) electrons. The summed E-state index contributed by atoms with van der Waals surface area (Å²) in [4.78, 5) is 17.7. The van der Waals surface area contributed by atoms with Crippen LogP contribution in [0.4, 0.5) is 11.6 Å². The summed E-state index contributed by atoms with van der Waals surface area (Å²) in [6, 6.07) is 24.3. The van der Waals surface area contributed by atoms with Gasteiger partial charge in [0.15, 0.2) is 22.8 Å². The molecule has 2 N–H and O–H groups in total. The van der Waals surface area contributed by atoms with Gasteiger partial charge in [-0.05, 0) is 105 Å². The first kappa shape index (κ1) is 38.5. The number of pyridine rings is 2. The first-order valence-corrected chi connectivity index (χ1v) is 19.3.